The highest BCUT2D eigenvalue weighted by atomic mass is 19.1. The van der Waals surface area contributed by atoms with E-state index in [2.05, 4.69) is 10.2 Å². The van der Waals surface area contributed by atoms with Crippen LogP contribution in [0.3, 0.4) is 0 Å². The number of fused-ring (bicyclic) bond motifs is 2. The van der Waals surface area contributed by atoms with Gasteiger partial charge in [0.25, 0.3) is 0 Å². The summed E-state index contributed by atoms with van der Waals surface area (Å²) < 4.78 is 18.5. The van der Waals surface area contributed by atoms with Crippen LogP contribution < -0.4 is 5.32 Å². The van der Waals surface area contributed by atoms with Gasteiger partial charge in [0, 0.05) is 37.8 Å². The molecule has 0 aliphatic carbocycles. The van der Waals surface area contributed by atoms with Crippen molar-refractivity contribution < 1.29 is 13.9 Å². The minimum absolute atomic E-state index is 0.0587. The van der Waals surface area contributed by atoms with Gasteiger partial charge in [-0.05, 0) is 43.4 Å². The van der Waals surface area contributed by atoms with Gasteiger partial charge in [-0.25, -0.2) is 9.18 Å². The quantitative estimate of drug-likeness (QED) is 0.900. The van der Waals surface area contributed by atoms with Gasteiger partial charge in [-0.2, -0.15) is 0 Å². The monoisotopic (exact) mass is 361 g/mol. The van der Waals surface area contributed by atoms with Gasteiger partial charge in [-0.15, -0.1) is 0 Å². The number of urea groups is 1. The first kappa shape index (κ1) is 17.7. The van der Waals surface area contributed by atoms with E-state index in [9.17, 15) is 9.18 Å². The summed E-state index contributed by atoms with van der Waals surface area (Å²) in [4.78, 5) is 16.9. The normalized spacial score (nSPS) is 29.4. The van der Waals surface area contributed by atoms with Crippen LogP contribution in [0.4, 0.5) is 9.18 Å². The molecule has 3 aliphatic heterocycles. The van der Waals surface area contributed by atoms with Crippen LogP contribution in [0, 0.1) is 5.82 Å². The maximum atomic E-state index is 13.2. The molecule has 6 heteroatoms. The van der Waals surface area contributed by atoms with Crippen molar-refractivity contribution >= 4 is 6.03 Å². The van der Waals surface area contributed by atoms with Crippen molar-refractivity contribution in [3.63, 3.8) is 0 Å². The average molecular weight is 361 g/mol. The summed E-state index contributed by atoms with van der Waals surface area (Å²) in [6.07, 6.45) is 5.64. The molecule has 0 unspecified atom stereocenters. The van der Waals surface area contributed by atoms with Crippen molar-refractivity contribution in [2.24, 2.45) is 0 Å². The van der Waals surface area contributed by atoms with Crippen molar-refractivity contribution in [3.05, 3.63) is 35.6 Å². The number of hydrogen-bond acceptors (Lipinski definition) is 3. The van der Waals surface area contributed by atoms with Crippen LogP contribution >= 0.6 is 0 Å². The first-order valence-electron chi connectivity index (χ1n) is 9.82. The van der Waals surface area contributed by atoms with Crippen molar-refractivity contribution in [2.75, 3.05) is 26.3 Å². The fraction of sp³-hybridized carbons (Fsp3) is 0.650. The summed E-state index contributed by atoms with van der Waals surface area (Å²) in [5.74, 6) is -0.182. The number of carbonyl (C=O) groups is 1. The smallest absolute Gasteiger partial charge is 0.317 e. The van der Waals surface area contributed by atoms with E-state index in [-0.39, 0.29) is 17.9 Å². The van der Waals surface area contributed by atoms with E-state index >= 15 is 0 Å². The zero-order valence-electron chi connectivity index (χ0n) is 15.2. The van der Waals surface area contributed by atoms with Crippen molar-refractivity contribution in [2.45, 2.75) is 56.8 Å². The molecule has 3 saturated heterocycles. The number of ether oxygens (including phenoxy) is 1. The number of nitrogens with zero attached hydrogens (tertiary/aromatic N) is 2. The SMILES string of the molecule is O=C(NC1C[C@H]2CCC[C@H](C1)N2Cc1ccc(F)cc1)N1CCOCC1. The van der Waals surface area contributed by atoms with E-state index in [4.69, 9.17) is 4.74 Å². The highest BCUT2D eigenvalue weighted by Gasteiger charge is 2.39. The first-order valence-corrected chi connectivity index (χ1v) is 9.82. The Hall–Kier alpha value is -1.66. The lowest BCUT2D eigenvalue weighted by Crippen LogP contribution is -2.58. The molecular weight excluding hydrogens is 333 g/mol. The molecule has 2 bridgehead atoms. The molecule has 1 aromatic carbocycles. The molecule has 26 heavy (non-hydrogen) atoms. The van der Waals surface area contributed by atoms with E-state index in [1.807, 2.05) is 17.0 Å². The Morgan fingerprint density at radius 3 is 2.42 bits per heavy atom. The number of rotatable bonds is 3. The van der Waals surface area contributed by atoms with Gasteiger partial charge < -0.3 is 15.0 Å². The van der Waals surface area contributed by atoms with Gasteiger partial charge in [-0.3, -0.25) is 4.90 Å². The second-order valence-electron chi connectivity index (χ2n) is 7.75. The number of hydrogen-bond donors (Lipinski definition) is 1. The fourth-order valence-electron chi connectivity index (χ4n) is 4.69. The Kier molecular flexibility index (Phi) is 5.41. The van der Waals surface area contributed by atoms with Crippen LogP contribution in [0.2, 0.25) is 0 Å². The molecule has 1 aromatic rings. The summed E-state index contributed by atoms with van der Waals surface area (Å²) in [6, 6.07) is 8.17. The molecule has 5 nitrogen and oxygen atoms in total. The number of piperidine rings is 2. The lowest BCUT2D eigenvalue weighted by molar-refractivity contribution is 0.0160. The molecule has 3 fully saturated rings. The van der Waals surface area contributed by atoms with Crippen LogP contribution in [0.1, 0.15) is 37.7 Å². The standard InChI is InChI=1S/C20H28FN3O2/c21-16-6-4-15(5-7-16)14-24-18-2-1-3-19(24)13-17(12-18)22-20(25)23-8-10-26-11-9-23/h4-7,17-19H,1-3,8-14H2,(H,22,25)/t18-,19-/m1/s1. The summed E-state index contributed by atoms with van der Waals surface area (Å²) in [5, 5.41) is 3.26. The third-order valence-corrected chi connectivity index (χ3v) is 6.03. The second kappa shape index (κ2) is 7.92. The summed E-state index contributed by atoms with van der Waals surface area (Å²) in [6.45, 7) is 3.51. The number of benzene rings is 1. The molecule has 0 saturated carbocycles. The average Bonchev–Trinajstić information content (AvgIpc) is 2.65. The van der Waals surface area contributed by atoms with Gasteiger partial charge in [-0.1, -0.05) is 18.6 Å². The number of morpholine rings is 1. The third kappa shape index (κ3) is 4.01. The molecule has 4 rings (SSSR count). The maximum absolute atomic E-state index is 13.2. The second-order valence-corrected chi connectivity index (χ2v) is 7.75. The Morgan fingerprint density at radius 2 is 1.77 bits per heavy atom. The van der Waals surface area contributed by atoms with Crippen LogP contribution in [0.15, 0.2) is 24.3 Å². The lowest BCUT2D eigenvalue weighted by atomic mass is 9.81. The van der Waals surface area contributed by atoms with E-state index in [0.29, 0.717) is 38.4 Å². The van der Waals surface area contributed by atoms with Crippen molar-refractivity contribution in [1.82, 2.24) is 15.1 Å². The van der Waals surface area contributed by atoms with E-state index < -0.39 is 0 Å². The zero-order chi connectivity index (χ0) is 17.9. The molecule has 3 aliphatic rings. The maximum Gasteiger partial charge on any atom is 0.317 e. The highest BCUT2D eigenvalue weighted by molar-refractivity contribution is 5.74. The fourth-order valence-corrected chi connectivity index (χ4v) is 4.69. The molecule has 1 N–H and O–H groups in total. The molecule has 142 valence electrons. The summed E-state index contributed by atoms with van der Waals surface area (Å²) >= 11 is 0. The predicted molar refractivity (Wildman–Crippen MR) is 97.3 cm³/mol. The predicted octanol–water partition coefficient (Wildman–Crippen LogP) is 2.75. The summed E-state index contributed by atoms with van der Waals surface area (Å²) in [5.41, 5.74) is 1.17. The molecule has 3 heterocycles. The van der Waals surface area contributed by atoms with Gasteiger partial charge in [0.1, 0.15) is 5.82 Å². The lowest BCUT2D eigenvalue weighted by Gasteiger charge is -2.49. The van der Waals surface area contributed by atoms with Crippen molar-refractivity contribution in [1.29, 1.82) is 0 Å². The molecule has 0 radical (unpaired) electrons. The molecule has 2 atom stereocenters. The first-order chi connectivity index (χ1) is 12.7. The van der Waals surface area contributed by atoms with Gasteiger partial charge in [0.05, 0.1) is 13.2 Å². The topological polar surface area (TPSA) is 44.8 Å². The van der Waals surface area contributed by atoms with Gasteiger partial charge in [0.15, 0.2) is 0 Å². The van der Waals surface area contributed by atoms with Crippen molar-refractivity contribution in [3.8, 4) is 0 Å². The van der Waals surface area contributed by atoms with E-state index in [1.54, 1.807) is 12.1 Å². The number of nitrogens with one attached hydrogen (secondary N) is 1. The van der Waals surface area contributed by atoms with E-state index in [1.165, 1.54) is 24.8 Å². The summed E-state index contributed by atoms with van der Waals surface area (Å²) in [7, 11) is 0. The van der Waals surface area contributed by atoms with Crippen LogP contribution in [0.25, 0.3) is 0 Å². The van der Waals surface area contributed by atoms with Gasteiger partial charge >= 0.3 is 6.03 Å². The number of amides is 2. The Morgan fingerprint density at radius 1 is 1.12 bits per heavy atom. The Labute approximate surface area is 154 Å². The van der Waals surface area contributed by atoms with Crippen LogP contribution in [-0.4, -0.2) is 60.3 Å². The Balaban J connectivity index is 1.36. The minimum atomic E-state index is -0.182. The van der Waals surface area contributed by atoms with E-state index in [0.717, 1.165) is 19.4 Å². The van der Waals surface area contributed by atoms with Gasteiger partial charge in [0.2, 0.25) is 0 Å². The minimum Gasteiger partial charge on any atom is -0.378 e. The highest BCUT2D eigenvalue weighted by Crippen LogP contribution is 2.35. The number of halogens is 1. The van der Waals surface area contributed by atoms with Crippen LogP contribution in [-0.2, 0) is 11.3 Å². The molecule has 0 spiro atoms. The zero-order valence-corrected chi connectivity index (χ0v) is 15.2. The number of carbonyl (C=O) groups excluding carboxylic acids is 1. The molecule has 2 amide bonds. The van der Waals surface area contributed by atoms with Crippen LogP contribution in [0.5, 0.6) is 0 Å². The molecule has 0 aromatic heterocycles. The third-order valence-electron chi connectivity index (χ3n) is 6.03. The molecular formula is C20H28FN3O2. The largest absolute Gasteiger partial charge is 0.378 e. The Bertz CT molecular complexity index is 604.